The Morgan fingerprint density at radius 3 is 2.14 bits per heavy atom. The van der Waals surface area contributed by atoms with Gasteiger partial charge in [0.1, 0.15) is 12.3 Å². The van der Waals surface area contributed by atoms with Gasteiger partial charge in [0.2, 0.25) is 0 Å². The highest BCUT2D eigenvalue weighted by Crippen LogP contribution is 2.29. The molecule has 0 fully saturated rings. The van der Waals surface area contributed by atoms with Crippen LogP contribution >= 0.6 is 0 Å². The van der Waals surface area contributed by atoms with Gasteiger partial charge in [0.25, 0.3) is 0 Å². The number of hydrogen-bond acceptors (Lipinski definition) is 7. The van der Waals surface area contributed by atoms with Crippen molar-refractivity contribution in [3.8, 4) is 0 Å². The second-order valence-corrected chi connectivity index (χ2v) is 5.98. The van der Waals surface area contributed by atoms with Gasteiger partial charge in [-0.05, 0) is 31.5 Å². The number of ether oxygens (including phenoxy) is 2. The fraction of sp³-hybridized carbons (Fsp3) is 0.333. The molecule has 1 unspecified atom stereocenters. The second-order valence-electron chi connectivity index (χ2n) is 5.98. The number of hydrogen-bond donors (Lipinski definition) is 1. The van der Waals surface area contributed by atoms with E-state index in [1.54, 1.807) is 74.5 Å². The number of nitrogens with zero attached hydrogens (tertiary/aromatic N) is 1. The van der Waals surface area contributed by atoms with Crippen LogP contribution in [0.3, 0.4) is 0 Å². The summed E-state index contributed by atoms with van der Waals surface area (Å²) in [4.78, 5) is 30.3. The summed E-state index contributed by atoms with van der Waals surface area (Å²) in [5, 5.41) is 11.8. The first-order chi connectivity index (χ1) is 13.5. The molecule has 7 heteroatoms. The van der Waals surface area contributed by atoms with Crippen molar-refractivity contribution >= 4 is 11.9 Å². The summed E-state index contributed by atoms with van der Waals surface area (Å²) < 4.78 is 10.3. The van der Waals surface area contributed by atoms with Crippen LogP contribution in [0.25, 0.3) is 0 Å². The second kappa shape index (κ2) is 10.6. The molecule has 3 atom stereocenters. The highest BCUT2D eigenvalue weighted by molar-refractivity contribution is 5.89. The molecule has 0 amide bonds. The quantitative estimate of drug-likeness (QED) is 0.402. The van der Waals surface area contributed by atoms with Crippen LogP contribution in [0.1, 0.15) is 35.8 Å². The SMILES string of the molecule is CCOC(C)N(OC(=O)c1ccccc1)[C@@H](c1ccccc1)[C@@H](O)C(=O)OC. The van der Waals surface area contributed by atoms with E-state index in [9.17, 15) is 14.7 Å². The lowest BCUT2D eigenvalue weighted by molar-refractivity contribution is -0.248. The van der Waals surface area contributed by atoms with E-state index in [0.717, 1.165) is 0 Å². The first-order valence-electron chi connectivity index (χ1n) is 8.97. The monoisotopic (exact) mass is 387 g/mol. The average Bonchev–Trinajstić information content (AvgIpc) is 2.74. The Balaban J connectivity index is 2.43. The molecule has 150 valence electrons. The first kappa shape index (κ1) is 21.6. The minimum atomic E-state index is -1.60. The molecule has 0 aliphatic rings. The maximum absolute atomic E-state index is 12.6. The predicted octanol–water partition coefficient (Wildman–Crippen LogP) is 2.72. The topological polar surface area (TPSA) is 85.3 Å². The molecule has 0 spiro atoms. The number of aliphatic hydroxyl groups is 1. The summed E-state index contributed by atoms with van der Waals surface area (Å²) in [7, 11) is 1.18. The third-order valence-electron chi connectivity index (χ3n) is 4.12. The van der Waals surface area contributed by atoms with Crippen LogP contribution in [0.2, 0.25) is 0 Å². The maximum Gasteiger partial charge on any atom is 0.357 e. The summed E-state index contributed by atoms with van der Waals surface area (Å²) in [5.74, 6) is -1.48. The van der Waals surface area contributed by atoms with Crippen LogP contribution in [0.15, 0.2) is 60.7 Å². The standard InChI is InChI=1S/C21H25NO6/c1-4-27-15(2)22(28-20(24)17-13-9-6-10-14-17)18(19(23)21(25)26-3)16-11-7-5-8-12-16/h5-15,18-19,23H,4H2,1-3H3/t15?,18-,19+/m0/s1. The molecule has 0 bridgehead atoms. The van der Waals surface area contributed by atoms with Crippen molar-refractivity contribution in [3.63, 3.8) is 0 Å². The van der Waals surface area contributed by atoms with Crippen LogP contribution < -0.4 is 0 Å². The summed E-state index contributed by atoms with van der Waals surface area (Å²) in [6.07, 6.45) is -2.33. The lowest BCUT2D eigenvalue weighted by Crippen LogP contribution is -2.47. The lowest BCUT2D eigenvalue weighted by Gasteiger charge is -2.35. The van der Waals surface area contributed by atoms with Gasteiger partial charge in [-0.1, -0.05) is 48.5 Å². The van der Waals surface area contributed by atoms with E-state index in [1.807, 2.05) is 0 Å². The molecular formula is C21H25NO6. The minimum Gasteiger partial charge on any atom is -0.467 e. The van der Waals surface area contributed by atoms with E-state index in [-0.39, 0.29) is 0 Å². The number of carbonyl (C=O) groups excluding carboxylic acids is 2. The van der Waals surface area contributed by atoms with Crippen molar-refractivity contribution in [2.45, 2.75) is 32.2 Å². The Morgan fingerprint density at radius 2 is 1.61 bits per heavy atom. The molecule has 2 aromatic rings. The molecule has 0 aliphatic heterocycles. The Morgan fingerprint density at radius 1 is 1.04 bits per heavy atom. The zero-order valence-corrected chi connectivity index (χ0v) is 16.1. The van der Waals surface area contributed by atoms with Crippen molar-refractivity contribution < 1.29 is 29.0 Å². The first-order valence-corrected chi connectivity index (χ1v) is 8.97. The zero-order valence-electron chi connectivity index (χ0n) is 16.1. The maximum atomic E-state index is 12.6. The van der Waals surface area contributed by atoms with Gasteiger partial charge in [0, 0.05) is 6.61 Å². The number of aliphatic hydroxyl groups excluding tert-OH is 1. The molecule has 0 aliphatic carbocycles. The normalized spacial score (nSPS) is 14.2. The molecule has 0 saturated carbocycles. The van der Waals surface area contributed by atoms with E-state index < -0.39 is 30.3 Å². The largest absolute Gasteiger partial charge is 0.467 e. The highest BCUT2D eigenvalue weighted by atomic mass is 16.7. The van der Waals surface area contributed by atoms with Gasteiger partial charge < -0.3 is 19.4 Å². The van der Waals surface area contributed by atoms with Gasteiger partial charge in [0.15, 0.2) is 6.10 Å². The molecule has 2 aromatic carbocycles. The van der Waals surface area contributed by atoms with Crippen LogP contribution in [-0.2, 0) is 19.1 Å². The molecule has 0 heterocycles. The van der Waals surface area contributed by atoms with Crippen LogP contribution in [0.5, 0.6) is 0 Å². The molecule has 2 rings (SSSR count). The fourth-order valence-electron chi connectivity index (χ4n) is 2.76. The number of esters is 1. The minimum absolute atomic E-state index is 0.329. The van der Waals surface area contributed by atoms with Gasteiger partial charge in [-0.25, -0.2) is 9.59 Å². The van der Waals surface area contributed by atoms with Gasteiger partial charge in [0.05, 0.1) is 12.7 Å². The Labute approximate surface area is 164 Å². The molecule has 0 aromatic heterocycles. The van der Waals surface area contributed by atoms with Gasteiger partial charge in [-0.2, -0.15) is 0 Å². The summed E-state index contributed by atoms with van der Waals surface area (Å²) >= 11 is 0. The third kappa shape index (κ3) is 5.39. The number of rotatable bonds is 9. The van der Waals surface area contributed by atoms with Crippen LogP contribution in [-0.4, -0.2) is 48.2 Å². The van der Waals surface area contributed by atoms with Crippen molar-refractivity contribution in [1.82, 2.24) is 5.06 Å². The summed E-state index contributed by atoms with van der Waals surface area (Å²) in [6, 6.07) is 16.2. The summed E-state index contributed by atoms with van der Waals surface area (Å²) in [5.41, 5.74) is 0.892. The molecule has 7 nitrogen and oxygen atoms in total. The van der Waals surface area contributed by atoms with E-state index in [2.05, 4.69) is 0 Å². The Bertz CT molecular complexity index is 752. The smallest absolute Gasteiger partial charge is 0.357 e. The van der Waals surface area contributed by atoms with E-state index >= 15 is 0 Å². The van der Waals surface area contributed by atoms with Gasteiger partial charge in [-0.15, -0.1) is 5.06 Å². The van der Waals surface area contributed by atoms with Gasteiger partial charge in [-0.3, -0.25) is 0 Å². The van der Waals surface area contributed by atoms with Crippen LogP contribution in [0, 0.1) is 0 Å². The molecule has 28 heavy (non-hydrogen) atoms. The van der Waals surface area contributed by atoms with Crippen molar-refractivity contribution in [1.29, 1.82) is 0 Å². The van der Waals surface area contributed by atoms with Gasteiger partial charge >= 0.3 is 11.9 Å². The Hall–Kier alpha value is -2.74. The lowest BCUT2D eigenvalue weighted by atomic mass is 10.0. The van der Waals surface area contributed by atoms with E-state index in [0.29, 0.717) is 17.7 Å². The van der Waals surface area contributed by atoms with Crippen molar-refractivity contribution in [2.24, 2.45) is 0 Å². The van der Waals surface area contributed by atoms with Crippen LogP contribution in [0.4, 0.5) is 0 Å². The van der Waals surface area contributed by atoms with Crippen molar-refractivity contribution in [2.75, 3.05) is 13.7 Å². The fourth-order valence-corrected chi connectivity index (χ4v) is 2.76. The van der Waals surface area contributed by atoms with E-state index in [4.69, 9.17) is 14.3 Å². The molecular weight excluding hydrogens is 362 g/mol. The molecule has 0 radical (unpaired) electrons. The average molecular weight is 387 g/mol. The summed E-state index contributed by atoms with van der Waals surface area (Å²) in [6.45, 7) is 3.81. The zero-order chi connectivity index (χ0) is 20.5. The number of carbonyl (C=O) groups is 2. The van der Waals surface area contributed by atoms with E-state index in [1.165, 1.54) is 12.2 Å². The predicted molar refractivity (Wildman–Crippen MR) is 102 cm³/mol. The highest BCUT2D eigenvalue weighted by Gasteiger charge is 2.39. The Kier molecular flexibility index (Phi) is 8.13. The number of benzene rings is 2. The molecule has 1 N–H and O–H groups in total. The number of hydroxylamine groups is 2. The van der Waals surface area contributed by atoms with Crippen molar-refractivity contribution in [3.05, 3.63) is 71.8 Å². The molecule has 0 saturated heterocycles. The number of methoxy groups -OCH3 is 1. The third-order valence-corrected chi connectivity index (χ3v) is 4.12.